The minimum absolute atomic E-state index is 0.200. The maximum Gasteiger partial charge on any atom is 0.198 e. The number of rotatable bonds is 4. The SMILES string of the molecule is CC1=CC(=C2C(=O)c3ccccc3C2=O)C=C(/C=C\C=Cc2ccc(N(C)C)cc2)O1. The van der Waals surface area contributed by atoms with Gasteiger partial charge in [-0.1, -0.05) is 54.6 Å². The van der Waals surface area contributed by atoms with Crippen molar-refractivity contribution in [2.45, 2.75) is 6.92 Å². The fraction of sp³-hybridized carbons (Fsp3) is 0.111. The molecule has 2 aromatic rings. The van der Waals surface area contributed by atoms with Gasteiger partial charge in [0.25, 0.3) is 0 Å². The third-order valence-electron chi connectivity index (χ3n) is 5.16. The Balaban J connectivity index is 1.56. The largest absolute Gasteiger partial charge is 0.462 e. The molecule has 0 saturated carbocycles. The number of hydrogen-bond donors (Lipinski definition) is 0. The predicted octanol–water partition coefficient (Wildman–Crippen LogP) is 5.52. The molecule has 2 aliphatic rings. The summed E-state index contributed by atoms with van der Waals surface area (Å²) in [5.74, 6) is 0.737. The van der Waals surface area contributed by atoms with E-state index in [9.17, 15) is 9.59 Å². The Hall–Kier alpha value is -3.92. The first-order valence-electron chi connectivity index (χ1n) is 10.1. The molecule has 0 amide bonds. The summed E-state index contributed by atoms with van der Waals surface area (Å²) in [7, 11) is 4.02. The van der Waals surface area contributed by atoms with Gasteiger partial charge in [-0.05, 0) is 48.4 Å². The summed E-state index contributed by atoms with van der Waals surface area (Å²) < 4.78 is 5.76. The van der Waals surface area contributed by atoms with E-state index in [4.69, 9.17) is 4.74 Å². The Labute approximate surface area is 182 Å². The fourth-order valence-corrected chi connectivity index (χ4v) is 3.60. The van der Waals surface area contributed by atoms with E-state index in [1.807, 2.05) is 38.4 Å². The molecular weight excluding hydrogens is 386 g/mol. The van der Waals surface area contributed by atoms with Gasteiger partial charge in [-0.25, -0.2) is 0 Å². The van der Waals surface area contributed by atoms with Crippen LogP contribution in [0.2, 0.25) is 0 Å². The van der Waals surface area contributed by atoms with Crippen LogP contribution >= 0.6 is 0 Å². The van der Waals surface area contributed by atoms with E-state index in [1.54, 1.807) is 43.3 Å². The average molecular weight is 409 g/mol. The van der Waals surface area contributed by atoms with Crippen LogP contribution in [0.3, 0.4) is 0 Å². The summed E-state index contributed by atoms with van der Waals surface area (Å²) >= 11 is 0. The van der Waals surface area contributed by atoms with Crippen molar-refractivity contribution in [1.29, 1.82) is 0 Å². The van der Waals surface area contributed by atoms with Gasteiger partial charge in [-0.15, -0.1) is 0 Å². The first kappa shape index (κ1) is 20.4. The number of ketones is 2. The molecule has 4 nitrogen and oxygen atoms in total. The quantitative estimate of drug-likeness (QED) is 0.379. The maximum absolute atomic E-state index is 12.8. The molecule has 0 N–H and O–H groups in total. The molecule has 1 heterocycles. The molecule has 31 heavy (non-hydrogen) atoms. The summed E-state index contributed by atoms with van der Waals surface area (Å²) in [4.78, 5) is 27.6. The van der Waals surface area contributed by atoms with Crippen molar-refractivity contribution >= 4 is 23.3 Å². The van der Waals surface area contributed by atoms with E-state index < -0.39 is 0 Å². The van der Waals surface area contributed by atoms with Crippen molar-refractivity contribution in [1.82, 2.24) is 0 Å². The number of allylic oxidation sites excluding steroid dienone is 8. The molecule has 4 rings (SSSR count). The lowest BCUT2D eigenvalue weighted by Crippen LogP contribution is -2.07. The Bertz CT molecular complexity index is 1170. The third-order valence-corrected chi connectivity index (χ3v) is 5.16. The first-order chi connectivity index (χ1) is 14.9. The molecule has 4 heteroatoms. The minimum atomic E-state index is -0.234. The second-order valence-electron chi connectivity index (χ2n) is 7.64. The summed E-state index contributed by atoms with van der Waals surface area (Å²) in [5, 5.41) is 0. The molecule has 1 aliphatic carbocycles. The van der Waals surface area contributed by atoms with Crippen molar-refractivity contribution in [3.63, 3.8) is 0 Å². The second kappa shape index (κ2) is 8.44. The van der Waals surface area contributed by atoms with Crippen LogP contribution in [-0.4, -0.2) is 25.7 Å². The van der Waals surface area contributed by atoms with Crippen LogP contribution < -0.4 is 4.90 Å². The zero-order valence-corrected chi connectivity index (χ0v) is 17.8. The Morgan fingerprint density at radius 1 is 0.806 bits per heavy atom. The van der Waals surface area contributed by atoms with Gasteiger partial charge in [0.1, 0.15) is 11.5 Å². The highest BCUT2D eigenvalue weighted by molar-refractivity contribution is 6.40. The topological polar surface area (TPSA) is 46.6 Å². The van der Waals surface area contributed by atoms with Crippen molar-refractivity contribution in [3.05, 3.63) is 118 Å². The lowest BCUT2D eigenvalue weighted by atomic mass is 10.0. The highest BCUT2D eigenvalue weighted by Gasteiger charge is 2.34. The molecule has 0 atom stereocenters. The zero-order chi connectivity index (χ0) is 22.0. The van der Waals surface area contributed by atoms with Crippen LogP contribution in [0.4, 0.5) is 5.69 Å². The van der Waals surface area contributed by atoms with Gasteiger partial charge in [-0.3, -0.25) is 9.59 Å². The van der Waals surface area contributed by atoms with Gasteiger partial charge >= 0.3 is 0 Å². The van der Waals surface area contributed by atoms with E-state index in [0.717, 1.165) is 11.3 Å². The lowest BCUT2D eigenvalue weighted by molar-refractivity contribution is 0.0988. The highest BCUT2D eigenvalue weighted by Crippen LogP contribution is 2.32. The number of anilines is 1. The van der Waals surface area contributed by atoms with Gasteiger partial charge in [0.05, 0.1) is 5.57 Å². The minimum Gasteiger partial charge on any atom is -0.462 e. The number of carbonyl (C=O) groups excluding carboxylic acids is 2. The maximum atomic E-state index is 12.8. The molecular formula is C27H23NO3. The third kappa shape index (κ3) is 4.19. The standard InChI is InChI=1S/C27H23NO3/c1-18-16-20(25-26(29)23-10-6-7-11-24(23)27(25)30)17-22(31-18)9-5-4-8-19-12-14-21(15-13-19)28(2)3/h4-17H,1-3H3/b8-4?,9-5-. The molecule has 0 unspecified atom stereocenters. The normalized spacial score (nSPS) is 16.0. The zero-order valence-electron chi connectivity index (χ0n) is 17.8. The fourth-order valence-electron chi connectivity index (χ4n) is 3.60. The van der Waals surface area contributed by atoms with Gasteiger partial charge < -0.3 is 9.64 Å². The van der Waals surface area contributed by atoms with Crippen molar-refractivity contribution in [3.8, 4) is 0 Å². The molecule has 0 radical (unpaired) electrons. The Morgan fingerprint density at radius 2 is 1.42 bits per heavy atom. The summed E-state index contributed by atoms with van der Waals surface area (Å²) in [5.41, 5.74) is 3.94. The van der Waals surface area contributed by atoms with Gasteiger partial charge in [-0.2, -0.15) is 0 Å². The molecule has 2 aromatic carbocycles. The number of fused-ring (bicyclic) bond motifs is 1. The number of nitrogens with zero attached hydrogens (tertiary/aromatic N) is 1. The summed E-state index contributed by atoms with van der Waals surface area (Å²) in [6.07, 6.45) is 11.1. The van der Waals surface area contributed by atoms with Crippen LogP contribution in [0.25, 0.3) is 6.08 Å². The number of benzene rings is 2. The Morgan fingerprint density at radius 3 is 2.03 bits per heavy atom. The van der Waals surface area contributed by atoms with Crippen LogP contribution in [-0.2, 0) is 4.74 Å². The summed E-state index contributed by atoms with van der Waals surface area (Å²) in [6.45, 7) is 1.81. The van der Waals surface area contributed by atoms with Crippen LogP contribution in [0.5, 0.6) is 0 Å². The van der Waals surface area contributed by atoms with E-state index in [-0.39, 0.29) is 17.1 Å². The second-order valence-corrected chi connectivity index (χ2v) is 7.64. The van der Waals surface area contributed by atoms with Crippen molar-refractivity contribution in [2.75, 3.05) is 19.0 Å². The lowest BCUT2D eigenvalue weighted by Gasteiger charge is -2.14. The predicted molar refractivity (Wildman–Crippen MR) is 124 cm³/mol. The Kier molecular flexibility index (Phi) is 5.54. The molecule has 154 valence electrons. The van der Waals surface area contributed by atoms with E-state index in [2.05, 4.69) is 29.2 Å². The first-order valence-corrected chi connectivity index (χ1v) is 10.1. The molecule has 0 aromatic heterocycles. The molecule has 0 spiro atoms. The van der Waals surface area contributed by atoms with E-state index in [1.165, 1.54) is 0 Å². The molecule has 0 bridgehead atoms. The van der Waals surface area contributed by atoms with Crippen LogP contribution in [0, 0.1) is 0 Å². The molecule has 1 aliphatic heterocycles. The van der Waals surface area contributed by atoms with E-state index >= 15 is 0 Å². The van der Waals surface area contributed by atoms with Crippen molar-refractivity contribution < 1.29 is 14.3 Å². The number of ether oxygens (including phenoxy) is 1. The monoisotopic (exact) mass is 409 g/mol. The highest BCUT2D eigenvalue weighted by atomic mass is 16.5. The van der Waals surface area contributed by atoms with Crippen LogP contribution in [0.15, 0.2) is 102 Å². The van der Waals surface area contributed by atoms with Crippen LogP contribution in [0.1, 0.15) is 33.2 Å². The number of hydrogen-bond acceptors (Lipinski definition) is 4. The van der Waals surface area contributed by atoms with E-state index in [0.29, 0.717) is 28.2 Å². The van der Waals surface area contributed by atoms with Crippen molar-refractivity contribution in [2.24, 2.45) is 0 Å². The number of carbonyl (C=O) groups is 2. The smallest absolute Gasteiger partial charge is 0.198 e. The van der Waals surface area contributed by atoms with Gasteiger partial charge in [0, 0.05) is 30.9 Å². The van der Waals surface area contributed by atoms with Gasteiger partial charge in [0.2, 0.25) is 0 Å². The average Bonchev–Trinajstić information content (AvgIpc) is 3.02. The molecule has 0 fully saturated rings. The molecule has 0 saturated heterocycles. The summed E-state index contributed by atoms with van der Waals surface area (Å²) in [6, 6.07) is 15.2. The number of Topliss-reactive ketones (excluding diaryl/α,β-unsaturated/α-hetero) is 2. The van der Waals surface area contributed by atoms with Gasteiger partial charge in [0.15, 0.2) is 11.6 Å².